The first-order valence-corrected chi connectivity index (χ1v) is 24.1. The second kappa shape index (κ2) is 14.9. The quantitative estimate of drug-likeness (QED) is 0.109. The van der Waals surface area contributed by atoms with Crippen molar-refractivity contribution in [3.05, 3.63) is 243 Å². The van der Waals surface area contributed by atoms with Gasteiger partial charge < -0.3 is 9.47 Å². The molecular formula is C58H40N2SSi. The van der Waals surface area contributed by atoms with Crippen LogP contribution < -0.4 is 25.6 Å². The number of hydrogen-bond acceptors (Lipinski definition) is 2. The van der Waals surface area contributed by atoms with Crippen molar-refractivity contribution in [3.63, 3.8) is 0 Å². The van der Waals surface area contributed by atoms with Gasteiger partial charge in [-0.3, -0.25) is 0 Å². The molecule has 4 heteroatoms. The first-order chi connectivity index (χ1) is 30.8. The van der Waals surface area contributed by atoms with Crippen LogP contribution in [0.15, 0.2) is 243 Å². The summed E-state index contributed by atoms with van der Waals surface area (Å²) in [6.07, 6.45) is 0. The van der Waals surface area contributed by atoms with E-state index in [1.165, 1.54) is 73.5 Å². The molecule has 0 radical (unpaired) electrons. The Labute approximate surface area is 365 Å². The average Bonchev–Trinajstić information content (AvgIpc) is 3.90. The van der Waals surface area contributed by atoms with E-state index in [0.717, 1.165) is 22.7 Å². The molecule has 292 valence electrons. The third kappa shape index (κ3) is 5.68. The fraction of sp³-hybridized carbons (Fsp3) is 0. The molecule has 0 saturated carbocycles. The zero-order valence-corrected chi connectivity index (χ0v) is 35.7. The molecule has 0 atom stereocenters. The molecule has 62 heavy (non-hydrogen) atoms. The summed E-state index contributed by atoms with van der Waals surface area (Å²) in [6, 6.07) is 89.9. The Kier molecular flexibility index (Phi) is 8.73. The Morgan fingerprint density at radius 2 is 0.903 bits per heavy atom. The van der Waals surface area contributed by atoms with Crippen molar-refractivity contribution >= 4 is 110 Å². The van der Waals surface area contributed by atoms with Crippen molar-refractivity contribution in [2.24, 2.45) is 0 Å². The standard InChI is InChI=1S/C58H40N2SSi/c1-5-19-42(20-6-1)60-52-29-16-15-28-50(52)58-53(30-17-31-54(58)60)59(44-35-38-51-56(40-44)61-55-39-32-41-18-13-14-27-49(41)57(51)55)43-33-36-48(37-34-43)62(45-21-7-2-8-22-45,46-23-9-3-10-24-46)47-25-11-4-12-26-47/h1-40H. The van der Waals surface area contributed by atoms with Gasteiger partial charge in [-0.2, -0.15) is 0 Å². The van der Waals surface area contributed by atoms with Gasteiger partial charge in [0.05, 0.1) is 16.7 Å². The third-order valence-electron chi connectivity index (χ3n) is 12.7. The minimum atomic E-state index is -2.73. The summed E-state index contributed by atoms with van der Waals surface area (Å²) >= 11 is 1.88. The topological polar surface area (TPSA) is 8.17 Å². The Hall–Kier alpha value is -7.50. The molecule has 12 rings (SSSR count). The fourth-order valence-electron chi connectivity index (χ4n) is 10.1. The summed E-state index contributed by atoms with van der Waals surface area (Å²) < 4.78 is 5.00. The van der Waals surface area contributed by atoms with Gasteiger partial charge in [-0.05, 0) is 92.2 Å². The predicted molar refractivity (Wildman–Crippen MR) is 269 cm³/mol. The number of benzene rings is 10. The lowest BCUT2D eigenvalue weighted by Crippen LogP contribution is -2.74. The second-order valence-corrected chi connectivity index (χ2v) is 20.9. The van der Waals surface area contributed by atoms with E-state index in [9.17, 15) is 0 Å². The number of aromatic nitrogens is 1. The van der Waals surface area contributed by atoms with Crippen molar-refractivity contribution in [2.45, 2.75) is 0 Å². The Morgan fingerprint density at radius 1 is 0.355 bits per heavy atom. The lowest BCUT2D eigenvalue weighted by molar-refractivity contribution is 1.18. The molecule has 0 aliphatic rings. The smallest absolute Gasteiger partial charge is 0.179 e. The Balaban J connectivity index is 1.12. The lowest BCUT2D eigenvalue weighted by Gasteiger charge is -2.35. The molecule has 0 unspecified atom stereocenters. The van der Waals surface area contributed by atoms with Gasteiger partial charge >= 0.3 is 0 Å². The Morgan fingerprint density at radius 3 is 1.58 bits per heavy atom. The number of hydrogen-bond donors (Lipinski definition) is 0. The van der Waals surface area contributed by atoms with Crippen LogP contribution in [0.3, 0.4) is 0 Å². The van der Waals surface area contributed by atoms with Crippen molar-refractivity contribution in [1.29, 1.82) is 0 Å². The molecule has 2 heterocycles. The zero-order chi connectivity index (χ0) is 41.0. The zero-order valence-electron chi connectivity index (χ0n) is 33.9. The fourth-order valence-corrected chi connectivity index (χ4v) is 16.0. The van der Waals surface area contributed by atoms with E-state index in [1.54, 1.807) is 0 Å². The minimum Gasteiger partial charge on any atom is -0.310 e. The summed E-state index contributed by atoms with van der Waals surface area (Å²) in [4.78, 5) is 2.49. The van der Waals surface area contributed by atoms with Crippen molar-refractivity contribution < 1.29 is 0 Å². The van der Waals surface area contributed by atoms with Gasteiger partial charge in [-0.1, -0.05) is 182 Å². The largest absolute Gasteiger partial charge is 0.310 e. The number of nitrogens with zero attached hydrogens (tertiary/aromatic N) is 2. The molecule has 0 aliphatic heterocycles. The average molecular weight is 825 g/mol. The molecule has 10 aromatic carbocycles. The highest BCUT2D eigenvalue weighted by Gasteiger charge is 2.41. The molecule has 12 aromatic rings. The summed E-state index contributed by atoms with van der Waals surface area (Å²) in [5.41, 5.74) is 6.89. The van der Waals surface area contributed by atoms with Crippen LogP contribution in [0.2, 0.25) is 0 Å². The maximum Gasteiger partial charge on any atom is 0.179 e. The van der Waals surface area contributed by atoms with E-state index in [-0.39, 0.29) is 0 Å². The summed E-state index contributed by atoms with van der Waals surface area (Å²) in [6.45, 7) is 0. The van der Waals surface area contributed by atoms with Crippen LogP contribution in [0.4, 0.5) is 17.1 Å². The molecule has 2 aromatic heterocycles. The van der Waals surface area contributed by atoms with Crippen LogP contribution in [-0.2, 0) is 0 Å². The summed E-state index contributed by atoms with van der Waals surface area (Å²) in [5.74, 6) is 0. The molecule has 0 N–H and O–H groups in total. The van der Waals surface area contributed by atoms with E-state index in [0.29, 0.717) is 0 Å². The first kappa shape index (κ1) is 36.4. The highest BCUT2D eigenvalue weighted by molar-refractivity contribution is 7.26. The van der Waals surface area contributed by atoms with E-state index < -0.39 is 8.07 Å². The van der Waals surface area contributed by atoms with E-state index in [4.69, 9.17) is 0 Å². The number of fused-ring (bicyclic) bond motifs is 8. The van der Waals surface area contributed by atoms with Gasteiger partial charge in [0.2, 0.25) is 0 Å². The molecular weight excluding hydrogens is 785 g/mol. The molecule has 2 nitrogen and oxygen atoms in total. The summed E-state index contributed by atoms with van der Waals surface area (Å²) in [7, 11) is -2.73. The van der Waals surface area contributed by atoms with Crippen LogP contribution in [0.25, 0.3) is 58.4 Å². The summed E-state index contributed by atoms with van der Waals surface area (Å²) in [5, 5.41) is 13.1. The Bertz CT molecular complexity index is 3460. The van der Waals surface area contributed by atoms with Crippen LogP contribution in [-0.4, -0.2) is 12.6 Å². The lowest BCUT2D eigenvalue weighted by atomic mass is 10.0. The van der Waals surface area contributed by atoms with Gasteiger partial charge in [0.25, 0.3) is 0 Å². The first-order valence-electron chi connectivity index (χ1n) is 21.3. The van der Waals surface area contributed by atoms with Crippen LogP contribution in [0.1, 0.15) is 0 Å². The van der Waals surface area contributed by atoms with Crippen molar-refractivity contribution in [1.82, 2.24) is 4.57 Å². The number of para-hydroxylation sites is 2. The third-order valence-corrected chi connectivity index (χ3v) is 18.6. The maximum atomic E-state index is 2.49. The van der Waals surface area contributed by atoms with Gasteiger partial charge in [0, 0.05) is 48.0 Å². The molecule has 0 amide bonds. The number of thiophene rings is 1. The van der Waals surface area contributed by atoms with Crippen LogP contribution in [0, 0.1) is 0 Å². The van der Waals surface area contributed by atoms with Gasteiger partial charge in [-0.25, -0.2) is 0 Å². The molecule has 0 saturated heterocycles. The molecule has 0 spiro atoms. The normalized spacial score (nSPS) is 11.9. The number of rotatable bonds is 8. The number of anilines is 3. The monoisotopic (exact) mass is 824 g/mol. The maximum absolute atomic E-state index is 2.73. The van der Waals surface area contributed by atoms with Crippen LogP contribution >= 0.6 is 11.3 Å². The van der Waals surface area contributed by atoms with Gasteiger partial charge in [0.1, 0.15) is 0 Å². The van der Waals surface area contributed by atoms with E-state index >= 15 is 0 Å². The van der Waals surface area contributed by atoms with Gasteiger partial charge in [0.15, 0.2) is 8.07 Å². The predicted octanol–water partition coefficient (Wildman–Crippen LogP) is 13.2. The highest BCUT2D eigenvalue weighted by Crippen LogP contribution is 2.46. The second-order valence-electron chi connectivity index (χ2n) is 16.0. The van der Waals surface area contributed by atoms with E-state index in [1.807, 2.05) is 11.3 Å². The SMILES string of the molecule is c1ccc(-n2c3ccccc3c3c(N(c4ccc([Si](c5ccccc5)(c5ccccc5)c5ccccc5)cc4)c4ccc5c(c4)sc4ccc6ccccc6c45)cccc32)cc1. The van der Waals surface area contributed by atoms with Crippen LogP contribution in [0.5, 0.6) is 0 Å². The van der Waals surface area contributed by atoms with Crippen molar-refractivity contribution in [3.8, 4) is 5.69 Å². The molecule has 0 bridgehead atoms. The minimum absolute atomic E-state index is 1.11. The van der Waals surface area contributed by atoms with Crippen molar-refractivity contribution in [2.75, 3.05) is 4.90 Å². The molecule has 0 fully saturated rings. The van der Waals surface area contributed by atoms with E-state index in [2.05, 4.69) is 252 Å². The molecule has 0 aliphatic carbocycles. The highest BCUT2D eigenvalue weighted by atomic mass is 32.1. The van der Waals surface area contributed by atoms with Gasteiger partial charge in [-0.15, -0.1) is 11.3 Å².